The second kappa shape index (κ2) is 13.1. The number of fused-ring (bicyclic) bond motifs is 3. The highest BCUT2D eigenvalue weighted by Gasteiger charge is 2.38. The Kier molecular flexibility index (Phi) is 9.32. The van der Waals surface area contributed by atoms with E-state index in [1.807, 2.05) is 0 Å². The molecule has 2 heterocycles. The third-order valence-corrected chi connectivity index (χ3v) is 13.4. The lowest BCUT2D eigenvalue weighted by Gasteiger charge is -2.26. The Morgan fingerprint density at radius 2 is 1.04 bits per heavy atom. The molecule has 0 saturated carbocycles. The summed E-state index contributed by atoms with van der Waals surface area (Å²) >= 11 is 0. The van der Waals surface area contributed by atoms with Crippen molar-refractivity contribution in [1.29, 1.82) is 0 Å². The molecule has 0 spiro atoms. The van der Waals surface area contributed by atoms with Gasteiger partial charge in [0.2, 0.25) is 0 Å². The summed E-state index contributed by atoms with van der Waals surface area (Å²) in [6.45, 7) is 13.2. The van der Waals surface area contributed by atoms with Crippen LogP contribution in [0.25, 0.3) is 21.9 Å². The zero-order chi connectivity index (χ0) is 32.6. The smallest absolute Gasteiger partial charge is 0.387 e. The molecule has 1 unspecified atom stereocenters. The lowest BCUT2D eigenvalue weighted by molar-refractivity contribution is 0.411. The molecule has 1 saturated heterocycles. The number of ether oxygens (including phenoxy) is 2. The van der Waals surface area contributed by atoms with Gasteiger partial charge in [-0.15, -0.1) is 0 Å². The van der Waals surface area contributed by atoms with Gasteiger partial charge in [0.1, 0.15) is 22.7 Å². The van der Waals surface area contributed by atoms with Crippen molar-refractivity contribution in [1.82, 2.24) is 0 Å². The molecule has 1 aliphatic heterocycles. The summed E-state index contributed by atoms with van der Waals surface area (Å²) < 4.78 is 32.4. The predicted octanol–water partition coefficient (Wildman–Crippen LogP) is 12.0. The molecule has 0 radical (unpaired) electrons. The van der Waals surface area contributed by atoms with E-state index >= 15 is 0 Å². The standard InChI is InChI=1S/C39H46O5P2/c1-38(2,3)32-23-28(40-7)21-30-31-22-29(41-8)24-33(39(4,5)6)37(31)44-46(43-36(30)32)42-25-45-34(26-15-11-9-12-16-26)19-20-35(45)27-17-13-10-14-18-27/h9-18,21-24,34-35H,19-20,25H2,1-8H3/t34-,35+,45?. The van der Waals surface area contributed by atoms with Gasteiger partial charge in [-0.2, -0.15) is 0 Å². The second-order valence-electron chi connectivity index (χ2n) is 14.2. The molecular formula is C39H46O5P2. The monoisotopic (exact) mass is 656 g/mol. The molecule has 4 aromatic carbocycles. The average Bonchev–Trinajstić information content (AvgIpc) is 3.40. The molecule has 0 aliphatic carbocycles. The molecule has 0 bridgehead atoms. The van der Waals surface area contributed by atoms with Gasteiger partial charge in [0, 0.05) is 33.2 Å². The minimum absolute atomic E-state index is 0.220. The van der Waals surface area contributed by atoms with E-state index in [4.69, 9.17) is 22.4 Å². The van der Waals surface area contributed by atoms with Crippen LogP contribution < -0.4 is 14.0 Å². The molecular weight excluding hydrogens is 610 g/mol. The van der Waals surface area contributed by atoms with E-state index < -0.39 is 16.2 Å². The van der Waals surface area contributed by atoms with Crippen molar-refractivity contribution in [2.24, 2.45) is 0 Å². The summed E-state index contributed by atoms with van der Waals surface area (Å²) in [4.78, 5) is 0. The summed E-state index contributed by atoms with van der Waals surface area (Å²) in [7, 11) is 1.06. The molecule has 242 valence electrons. The molecule has 5 nitrogen and oxygen atoms in total. The summed E-state index contributed by atoms with van der Waals surface area (Å²) in [5.41, 5.74) is 6.91. The van der Waals surface area contributed by atoms with E-state index in [-0.39, 0.29) is 10.8 Å². The Balaban J connectivity index is 1.56. The van der Waals surface area contributed by atoms with E-state index in [0.717, 1.165) is 57.4 Å². The van der Waals surface area contributed by atoms with Crippen LogP contribution in [0.5, 0.6) is 11.5 Å². The zero-order valence-electron chi connectivity index (χ0n) is 28.3. The van der Waals surface area contributed by atoms with Crippen LogP contribution in [0.2, 0.25) is 0 Å². The van der Waals surface area contributed by atoms with Gasteiger partial charge in [-0.25, -0.2) is 0 Å². The first-order valence-electron chi connectivity index (χ1n) is 16.1. The van der Waals surface area contributed by atoms with Gasteiger partial charge < -0.3 is 17.9 Å². The summed E-state index contributed by atoms with van der Waals surface area (Å²) in [6, 6.07) is 30.2. The summed E-state index contributed by atoms with van der Waals surface area (Å²) in [5.74, 6) is 1.55. The van der Waals surface area contributed by atoms with Crippen molar-refractivity contribution in [3.63, 3.8) is 0 Å². The van der Waals surface area contributed by atoms with Crippen molar-refractivity contribution in [3.8, 4) is 11.5 Å². The van der Waals surface area contributed by atoms with Gasteiger partial charge in [-0.05, 0) is 59.1 Å². The SMILES string of the molecule is COc1cc(C(C)(C)C)c2op(OCP3[C@@H](c4ccccc4)CC[C@H]3c3ccccc3)oc3c(C(C)(C)C)cc(OC)cc3c2c1. The second-order valence-corrected chi connectivity index (χ2v) is 17.8. The van der Waals surface area contributed by atoms with Gasteiger partial charge in [0.05, 0.1) is 20.6 Å². The average molecular weight is 657 g/mol. The molecule has 46 heavy (non-hydrogen) atoms. The first kappa shape index (κ1) is 32.7. The van der Waals surface area contributed by atoms with Crippen LogP contribution in [0.1, 0.15) is 88.0 Å². The van der Waals surface area contributed by atoms with Crippen LogP contribution in [0.4, 0.5) is 0 Å². The Hall–Kier alpha value is -3.23. The Labute approximate surface area is 275 Å². The Bertz CT molecular complexity index is 1720. The minimum Gasteiger partial charge on any atom is -0.497 e. The van der Waals surface area contributed by atoms with Crippen LogP contribution >= 0.6 is 16.2 Å². The fourth-order valence-corrected chi connectivity index (χ4v) is 11.2. The molecule has 0 amide bonds. The largest absolute Gasteiger partial charge is 0.497 e. The third-order valence-electron chi connectivity index (χ3n) is 9.03. The quantitative estimate of drug-likeness (QED) is 0.163. The van der Waals surface area contributed by atoms with Crippen LogP contribution in [-0.2, 0) is 10.8 Å². The molecule has 1 aliphatic rings. The predicted molar refractivity (Wildman–Crippen MR) is 193 cm³/mol. The van der Waals surface area contributed by atoms with Gasteiger partial charge in [-0.1, -0.05) is 110 Å². The van der Waals surface area contributed by atoms with Crippen LogP contribution in [-0.4, -0.2) is 20.6 Å². The van der Waals surface area contributed by atoms with E-state index in [1.54, 1.807) is 14.2 Å². The van der Waals surface area contributed by atoms with Crippen LogP contribution in [0.15, 0.2) is 93.3 Å². The number of benzene rings is 4. The summed E-state index contributed by atoms with van der Waals surface area (Å²) in [5, 5.41) is 1.85. The normalized spacial score (nSPS) is 18.7. The Morgan fingerprint density at radius 1 is 0.630 bits per heavy atom. The maximum absolute atomic E-state index is 6.91. The maximum atomic E-state index is 6.91. The first-order chi connectivity index (χ1) is 22.0. The van der Waals surface area contributed by atoms with Crippen molar-refractivity contribution in [3.05, 3.63) is 107 Å². The maximum Gasteiger partial charge on any atom is 0.387 e. The van der Waals surface area contributed by atoms with Crippen molar-refractivity contribution in [2.45, 2.75) is 76.5 Å². The molecule has 6 rings (SSSR count). The molecule has 0 N–H and O–H groups in total. The van der Waals surface area contributed by atoms with E-state index in [0.29, 0.717) is 17.7 Å². The highest BCUT2D eigenvalue weighted by Crippen LogP contribution is 2.70. The van der Waals surface area contributed by atoms with Gasteiger partial charge in [0.15, 0.2) is 0 Å². The Morgan fingerprint density at radius 3 is 1.41 bits per heavy atom. The molecule has 3 atom stereocenters. The fourth-order valence-electron chi connectivity index (χ4n) is 6.60. The van der Waals surface area contributed by atoms with E-state index in [9.17, 15) is 0 Å². The minimum atomic E-state index is -1.78. The first-order valence-corrected chi connectivity index (χ1v) is 18.8. The van der Waals surface area contributed by atoms with Gasteiger partial charge in [0.25, 0.3) is 0 Å². The molecule has 5 aromatic rings. The van der Waals surface area contributed by atoms with Gasteiger partial charge >= 0.3 is 8.24 Å². The number of methoxy groups -OCH3 is 2. The number of hydrogen-bond acceptors (Lipinski definition) is 5. The van der Waals surface area contributed by atoms with E-state index in [2.05, 4.69) is 126 Å². The topological polar surface area (TPSA) is 54.0 Å². The van der Waals surface area contributed by atoms with Crippen LogP contribution in [0.3, 0.4) is 0 Å². The van der Waals surface area contributed by atoms with Crippen LogP contribution in [0, 0.1) is 0 Å². The van der Waals surface area contributed by atoms with Crippen molar-refractivity contribution < 1.29 is 22.4 Å². The number of hydrogen-bond donors (Lipinski definition) is 0. The highest BCUT2D eigenvalue weighted by atomic mass is 31.1. The lowest BCUT2D eigenvalue weighted by atomic mass is 9.84. The zero-order valence-corrected chi connectivity index (χ0v) is 30.1. The molecule has 1 aromatic heterocycles. The summed E-state index contributed by atoms with van der Waals surface area (Å²) in [6.07, 6.45) is 2.88. The highest BCUT2D eigenvalue weighted by molar-refractivity contribution is 7.59. The van der Waals surface area contributed by atoms with Crippen molar-refractivity contribution in [2.75, 3.05) is 20.6 Å². The lowest BCUT2D eigenvalue weighted by Crippen LogP contribution is -2.12. The molecule has 7 heteroatoms. The third kappa shape index (κ3) is 6.61. The molecule has 1 fully saturated rings. The van der Waals surface area contributed by atoms with Crippen molar-refractivity contribution >= 4 is 38.1 Å². The fraction of sp³-hybridized carbons (Fsp3) is 0.385. The van der Waals surface area contributed by atoms with Gasteiger partial charge in [-0.3, -0.25) is 4.52 Å². The van der Waals surface area contributed by atoms with E-state index in [1.165, 1.54) is 11.1 Å². The number of rotatable bonds is 7.